The summed E-state index contributed by atoms with van der Waals surface area (Å²) >= 11 is 0.982. The topological polar surface area (TPSA) is 124 Å². The lowest BCUT2D eigenvalue weighted by Crippen LogP contribution is -2.27. The summed E-state index contributed by atoms with van der Waals surface area (Å²) in [6, 6.07) is 0. The van der Waals surface area contributed by atoms with Gasteiger partial charge in [-0.25, -0.2) is 0 Å². The molecule has 0 saturated carbocycles. The fraction of sp³-hybridized carbons (Fsp3) is 0.333. The lowest BCUT2D eigenvalue weighted by atomic mass is 10.4. The molecule has 1 rings (SSSR count). The van der Waals surface area contributed by atoms with E-state index in [1.165, 1.54) is 0 Å². The van der Waals surface area contributed by atoms with Gasteiger partial charge in [-0.1, -0.05) is 11.3 Å². The molecule has 0 fully saturated rings. The van der Waals surface area contributed by atoms with Crippen LogP contribution in [0, 0.1) is 0 Å². The van der Waals surface area contributed by atoms with Gasteiger partial charge in [-0.15, -0.1) is 10.2 Å². The Balaban J connectivity index is 2.39. The number of amides is 2. The summed E-state index contributed by atoms with van der Waals surface area (Å²) in [4.78, 5) is 21.6. The largest absolute Gasteiger partial charge is 0.374 e. The first kappa shape index (κ1) is 10.4. The van der Waals surface area contributed by atoms with Gasteiger partial charge in [0.2, 0.25) is 16.0 Å². The van der Waals surface area contributed by atoms with Gasteiger partial charge < -0.3 is 16.8 Å². The van der Waals surface area contributed by atoms with Crippen LogP contribution in [-0.4, -0.2) is 28.6 Å². The van der Waals surface area contributed by atoms with Gasteiger partial charge in [0.25, 0.3) is 5.91 Å². The average Bonchev–Trinajstić information content (AvgIpc) is 2.51. The number of hydrogen-bond acceptors (Lipinski definition) is 6. The predicted octanol–water partition coefficient (Wildman–Crippen LogP) is -1.27. The maximum Gasteiger partial charge on any atom is 0.282 e. The first-order chi connectivity index (χ1) is 6.59. The Kier molecular flexibility index (Phi) is 3.35. The summed E-state index contributed by atoms with van der Waals surface area (Å²) in [7, 11) is 0. The highest BCUT2D eigenvalue weighted by molar-refractivity contribution is 7.16. The first-order valence-electron chi connectivity index (χ1n) is 3.75. The zero-order valence-electron chi connectivity index (χ0n) is 7.19. The summed E-state index contributed by atoms with van der Waals surface area (Å²) in [5.74, 6) is -0.873. The number of rotatable bonds is 4. The van der Waals surface area contributed by atoms with E-state index in [0.29, 0.717) is 0 Å². The van der Waals surface area contributed by atoms with Crippen LogP contribution in [-0.2, 0) is 4.79 Å². The van der Waals surface area contributed by atoms with Crippen molar-refractivity contribution in [3.63, 3.8) is 0 Å². The van der Waals surface area contributed by atoms with Crippen LogP contribution in [0.15, 0.2) is 0 Å². The van der Waals surface area contributed by atoms with Crippen LogP contribution in [0.5, 0.6) is 0 Å². The Bertz CT molecular complexity index is 350. The van der Waals surface area contributed by atoms with Gasteiger partial charge in [0.05, 0.1) is 0 Å². The van der Waals surface area contributed by atoms with Crippen molar-refractivity contribution in [3.8, 4) is 0 Å². The van der Waals surface area contributed by atoms with Crippen molar-refractivity contribution in [3.05, 3.63) is 5.01 Å². The van der Waals surface area contributed by atoms with Gasteiger partial charge in [-0.2, -0.15) is 0 Å². The molecule has 8 heteroatoms. The third-order valence-electron chi connectivity index (χ3n) is 1.29. The minimum Gasteiger partial charge on any atom is -0.374 e. The van der Waals surface area contributed by atoms with Gasteiger partial charge >= 0.3 is 0 Å². The summed E-state index contributed by atoms with van der Waals surface area (Å²) in [5.41, 5.74) is 10.2. The number of aromatic nitrogens is 2. The molecule has 0 aliphatic heterocycles. The smallest absolute Gasteiger partial charge is 0.282 e. The van der Waals surface area contributed by atoms with Crippen LogP contribution in [0.25, 0.3) is 0 Å². The van der Waals surface area contributed by atoms with Crippen molar-refractivity contribution in [2.45, 2.75) is 6.42 Å². The van der Waals surface area contributed by atoms with Crippen LogP contribution in [0.4, 0.5) is 5.13 Å². The molecule has 0 saturated heterocycles. The SMILES string of the molecule is NC(=O)CCNC(=O)c1nnc(N)s1. The van der Waals surface area contributed by atoms with E-state index >= 15 is 0 Å². The lowest BCUT2D eigenvalue weighted by Gasteiger charge is -1.98. The Labute approximate surface area is 83.5 Å². The van der Waals surface area contributed by atoms with Gasteiger partial charge in [-0.05, 0) is 0 Å². The number of hydrogen-bond donors (Lipinski definition) is 3. The number of primary amides is 1. The number of carbonyl (C=O) groups excluding carboxylic acids is 2. The number of nitrogens with zero attached hydrogens (tertiary/aromatic N) is 2. The molecule has 0 aliphatic rings. The number of anilines is 1. The third kappa shape index (κ3) is 2.98. The molecule has 0 spiro atoms. The maximum absolute atomic E-state index is 11.2. The Hall–Kier alpha value is -1.70. The lowest BCUT2D eigenvalue weighted by molar-refractivity contribution is -0.117. The van der Waals surface area contributed by atoms with Crippen LogP contribution < -0.4 is 16.8 Å². The Morgan fingerprint density at radius 2 is 2.14 bits per heavy atom. The van der Waals surface area contributed by atoms with Crippen molar-refractivity contribution in [2.24, 2.45) is 5.73 Å². The Morgan fingerprint density at radius 1 is 1.43 bits per heavy atom. The van der Waals surface area contributed by atoms with Crippen molar-refractivity contribution >= 4 is 28.3 Å². The minimum absolute atomic E-state index is 0.0972. The fourth-order valence-electron chi connectivity index (χ4n) is 0.701. The first-order valence-corrected chi connectivity index (χ1v) is 4.56. The van der Waals surface area contributed by atoms with Gasteiger partial charge in [0.1, 0.15) is 0 Å². The number of nitrogen functional groups attached to an aromatic ring is 1. The second-order valence-corrected chi connectivity index (χ2v) is 3.43. The minimum atomic E-state index is -0.470. The molecule has 5 N–H and O–H groups in total. The summed E-state index contributed by atoms with van der Waals surface area (Å²) < 4.78 is 0. The normalized spacial score (nSPS) is 9.71. The molecule has 0 bridgehead atoms. The molecule has 0 aliphatic carbocycles. The number of nitrogens with one attached hydrogen (secondary N) is 1. The van der Waals surface area contributed by atoms with Crippen molar-refractivity contribution < 1.29 is 9.59 Å². The van der Waals surface area contributed by atoms with E-state index in [1.54, 1.807) is 0 Å². The highest BCUT2D eigenvalue weighted by Crippen LogP contribution is 2.09. The number of carbonyl (C=O) groups is 2. The predicted molar refractivity (Wildman–Crippen MR) is 50.5 cm³/mol. The second kappa shape index (κ2) is 4.51. The van der Waals surface area contributed by atoms with Gasteiger partial charge in [-0.3, -0.25) is 9.59 Å². The molecule has 0 atom stereocenters. The zero-order valence-corrected chi connectivity index (χ0v) is 8.00. The molecule has 2 amide bonds. The maximum atomic E-state index is 11.2. The molecule has 0 radical (unpaired) electrons. The molecular formula is C6H9N5O2S. The van der Waals surface area contributed by atoms with Gasteiger partial charge in [0.15, 0.2) is 0 Å². The zero-order chi connectivity index (χ0) is 10.6. The molecule has 1 aromatic rings. The van der Waals surface area contributed by atoms with Gasteiger partial charge in [0, 0.05) is 13.0 Å². The highest BCUT2D eigenvalue weighted by Gasteiger charge is 2.10. The molecule has 7 nitrogen and oxygen atoms in total. The molecular weight excluding hydrogens is 206 g/mol. The summed E-state index contributed by atoms with van der Waals surface area (Å²) in [6.45, 7) is 0.188. The van der Waals surface area contributed by atoms with Crippen LogP contribution in [0.1, 0.15) is 16.2 Å². The fourth-order valence-corrected chi connectivity index (χ4v) is 1.23. The highest BCUT2D eigenvalue weighted by atomic mass is 32.1. The van der Waals surface area contributed by atoms with Crippen molar-refractivity contribution in [1.29, 1.82) is 0 Å². The molecule has 14 heavy (non-hydrogen) atoms. The van der Waals surface area contributed by atoms with E-state index in [-0.39, 0.29) is 23.1 Å². The van der Waals surface area contributed by atoms with Crippen LogP contribution in [0.3, 0.4) is 0 Å². The van der Waals surface area contributed by atoms with Crippen LogP contribution in [0.2, 0.25) is 0 Å². The second-order valence-electron chi connectivity index (χ2n) is 2.42. The monoisotopic (exact) mass is 215 g/mol. The van der Waals surface area contributed by atoms with E-state index in [2.05, 4.69) is 15.5 Å². The molecule has 1 aromatic heterocycles. The van der Waals surface area contributed by atoms with E-state index in [9.17, 15) is 9.59 Å². The summed E-state index contributed by atoms with van der Waals surface area (Å²) in [5, 5.41) is 9.86. The standard InChI is InChI=1S/C6H9N5O2S/c7-3(12)1-2-9-4(13)5-10-11-6(8)14-5/h1-2H2,(H2,7,12)(H2,8,11)(H,9,13). The molecule has 76 valence electrons. The van der Waals surface area contributed by atoms with E-state index < -0.39 is 11.8 Å². The molecule has 0 aromatic carbocycles. The Morgan fingerprint density at radius 3 is 2.64 bits per heavy atom. The third-order valence-corrected chi connectivity index (χ3v) is 2.04. The van der Waals surface area contributed by atoms with Crippen molar-refractivity contribution in [1.82, 2.24) is 15.5 Å². The van der Waals surface area contributed by atoms with Crippen LogP contribution >= 0.6 is 11.3 Å². The van der Waals surface area contributed by atoms with E-state index in [1.807, 2.05) is 0 Å². The summed E-state index contributed by atoms with van der Waals surface area (Å²) in [6.07, 6.45) is 0.0972. The van der Waals surface area contributed by atoms with E-state index in [0.717, 1.165) is 11.3 Å². The van der Waals surface area contributed by atoms with Crippen molar-refractivity contribution in [2.75, 3.05) is 12.3 Å². The molecule has 1 heterocycles. The average molecular weight is 215 g/mol. The number of nitrogens with two attached hydrogens (primary N) is 2. The quantitative estimate of drug-likeness (QED) is 0.577. The van der Waals surface area contributed by atoms with E-state index in [4.69, 9.17) is 11.5 Å². The molecule has 0 unspecified atom stereocenters.